The van der Waals surface area contributed by atoms with E-state index in [9.17, 15) is 4.79 Å². The van der Waals surface area contributed by atoms with Crippen molar-refractivity contribution in [2.45, 2.75) is 27.4 Å². The predicted octanol–water partition coefficient (Wildman–Crippen LogP) is 4.27. The Morgan fingerprint density at radius 3 is 2.42 bits per heavy atom. The zero-order valence-corrected chi connectivity index (χ0v) is 15.1. The highest BCUT2D eigenvalue weighted by molar-refractivity contribution is 7.84. The summed E-state index contributed by atoms with van der Waals surface area (Å²) in [6.07, 6.45) is 5.30. The molecule has 0 atom stereocenters. The van der Waals surface area contributed by atoms with Gasteiger partial charge in [-0.1, -0.05) is 44.7 Å². The molecule has 0 aliphatic carbocycles. The molecular formula is C18H24N2O3S. The Hall–Kier alpha value is -2.31. The SMILES string of the molecule is C=C(S)/C(=C\C=C/C)C(=N)OCc1ccc(C(=O)NO)cc1.CC. The molecule has 24 heavy (non-hydrogen) atoms. The van der Waals surface area contributed by atoms with Crippen molar-refractivity contribution in [1.29, 1.82) is 5.41 Å². The first-order chi connectivity index (χ1) is 11.5. The molecule has 0 radical (unpaired) electrons. The van der Waals surface area contributed by atoms with Crippen LogP contribution < -0.4 is 5.48 Å². The van der Waals surface area contributed by atoms with Crippen LogP contribution in [-0.4, -0.2) is 17.0 Å². The standard InChI is InChI=1S/C16H18N2O3S.C2H6/c1-3-4-5-14(11(2)22)15(17)21-10-12-6-8-13(9-7-12)16(19)18-20;1-2/h3-9,17,20,22H,2,10H2,1H3,(H,18,19);1-2H3/b4-3-,14-5+,17-15?;. The molecule has 1 aromatic carbocycles. The minimum atomic E-state index is -0.580. The molecule has 0 bridgehead atoms. The number of allylic oxidation sites excluding steroid dienone is 3. The van der Waals surface area contributed by atoms with Crippen LogP contribution in [0.2, 0.25) is 0 Å². The molecule has 0 heterocycles. The van der Waals surface area contributed by atoms with Gasteiger partial charge in [0.25, 0.3) is 5.91 Å². The first-order valence-corrected chi connectivity index (χ1v) is 7.90. The summed E-state index contributed by atoms with van der Waals surface area (Å²) in [6.45, 7) is 9.74. The number of amides is 1. The van der Waals surface area contributed by atoms with Gasteiger partial charge in [0.1, 0.15) is 6.61 Å². The van der Waals surface area contributed by atoms with Crippen LogP contribution in [0.25, 0.3) is 0 Å². The van der Waals surface area contributed by atoms with Crippen molar-refractivity contribution in [3.63, 3.8) is 0 Å². The van der Waals surface area contributed by atoms with Crippen molar-refractivity contribution in [2.75, 3.05) is 0 Å². The van der Waals surface area contributed by atoms with Gasteiger partial charge in [-0.25, -0.2) is 5.48 Å². The molecule has 3 N–H and O–H groups in total. The van der Waals surface area contributed by atoms with Crippen LogP contribution in [-0.2, 0) is 11.3 Å². The summed E-state index contributed by atoms with van der Waals surface area (Å²) >= 11 is 4.15. The zero-order valence-electron chi connectivity index (χ0n) is 14.2. The summed E-state index contributed by atoms with van der Waals surface area (Å²) in [5, 5.41) is 16.5. The van der Waals surface area contributed by atoms with Gasteiger partial charge in [-0.3, -0.25) is 15.4 Å². The van der Waals surface area contributed by atoms with E-state index in [2.05, 4.69) is 19.2 Å². The number of hydrogen-bond acceptors (Lipinski definition) is 5. The second-order valence-electron chi connectivity index (χ2n) is 4.31. The Labute approximate surface area is 148 Å². The molecule has 1 rings (SSSR count). The molecular weight excluding hydrogens is 324 g/mol. The molecule has 0 aliphatic heterocycles. The third-order valence-corrected chi connectivity index (χ3v) is 2.95. The van der Waals surface area contributed by atoms with Crippen molar-refractivity contribution in [1.82, 2.24) is 5.48 Å². The highest BCUT2D eigenvalue weighted by atomic mass is 32.1. The zero-order chi connectivity index (χ0) is 18.5. The highest BCUT2D eigenvalue weighted by Gasteiger charge is 2.08. The molecule has 130 valence electrons. The van der Waals surface area contributed by atoms with E-state index in [0.717, 1.165) is 5.56 Å². The lowest BCUT2D eigenvalue weighted by Crippen LogP contribution is -2.18. The molecule has 0 saturated carbocycles. The molecule has 0 spiro atoms. The number of ether oxygens (including phenoxy) is 1. The van der Waals surface area contributed by atoms with E-state index in [4.69, 9.17) is 15.4 Å². The average molecular weight is 348 g/mol. The highest BCUT2D eigenvalue weighted by Crippen LogP contribution is 2.15. The lowest BCUT2D eigenvalue weighted by atomic mass is 10.1. The van der Waals surface area contributed by atoms with Crippen molar-refractivity contribution in [2.24, 2.45) is 0 Å². The fourth-order valence-electron chi connectivity index (χ4n) is 1.55. The molecule has 1 amide bonds. The fraction of sp³-hybridized carbons (Fsp3) is 0.222. The summed E-state index contributed by atoms with van der Waals surface area (Å²) < 4.78 is 5.40. The normalized spacial score (nSPS) is 10.6. The smallest absolute Gasteiger partial charge is 0.274 e. The summed E-state index contributed by atoms with van der Waals surface area (Å²) in [7, 11) is 0. The molecule has 1 aromatic rings. The van der Waals surface area contributed by atoms with Crippen molar-refractivity contribution in [3.05, 3.63) is 70.7 Å². The summed E-state index contributed by atoms with van der Waals surface area (Å²) in [6, 6.07) is 6.48. The third-order valence-electron chi connectivity index (χ3n) is 2.71. The van der Waals surface area contributed by atoms with Crippen molar-refractivity contribution < 1.29 is 14.7 Å². The Bertz CT molecular complexity index is 620. The predicted molar refractivity (Wildman–Crippen MR) is 101 cm³/mol. The van der Waals surface area contributed by atoms with Crippen LogP contribution in [0.3, 0.4) is 0 Å². The Balaban J connectivity index is 0.00000254. The second-order valence-corrected chi connectivity index (χ2v) is 4.85. The van der Waals surface area contributed by atoms with Gasteiger partial charge < -0.3 is 4.74 Å². The lowest BCUT2D eigenvalue weighted by Gasteiger charge is -2.10. The van der Waals surface area contributed by atoms with Gasteiger partial charge in [-0.2, -0.15) is 0 Å². The largest absolute Gasteiger partial charge is 0.473 e. The van der Waals surface area contributed by atoms with E-state index in [1.165, 1.54) is 0 Å². The monoisotopic (exact) mass is 348 g/mol. The summed E-state index contributed by atoms with van der Waals surface area (Å²) in [4.78, 5) is 11.6. The maximum Gasteiger partial charge on any atom is 0.274 e. The maximum absolute atomic E-state index is 11.2. The number of thiol groups is 1. The van der Waals surface area contributed by atoms with Crippen LogP contribution in [0.15, 0.2) is 59.6 Å². The number of carbonyl (C=O) groups excluding carboxylic acids is 1. The molecule has 6 heteroatoms. The van der Waals surface area contributed by atoms with Gasteiger partial charge in [0, 0.05) is 16.0 Å². The van der Waals surface area contributed by atoms with Crippen LogP contribution >= 0.6 is 12.6 Å². The minimum Gasteiger partial charge on any atom is -0.473 e. The van der Waals surface area contributed by atoms with Crippen LogP contribution in [0.1, 0.15) is 36.7 Å². The number of hydrogen-bond donors (Lipinski definition) is 4. The summed E-state index contributed by atoms with van der Waals surface area (Å²) in [5.41, 5.74) is 3.18. The van der Waals surface area contributed by atoms with E-state index in [0.29, 0.717) is 16.0 Å². The van der Waals surface area contributed by atoms with Gasteiger partial charge in [-0.05, 0) is 30.7 Å². The van der Waals surface area contributed by atoms with Crippen LogP contribution in [0.5, 0.6) is 0 Å². The van der Waals surface area contributed by atoms with Gasteiger partial charge in [0.2, 0.25) is 5.90 Å². The quantitative estimate of drug-likeness (QED) is 0.155. The fourth-order valence-corrected chi connectivity index (χ4v) is 1.72. The Morgan fingerprint density at radius 1 is 1.38 bits per heavy atom. The van der Waals surface area contributed by atoms with Crippen molar-refractivity contribution in [3.8, 4) is 0 Å². The van der Waals surface area contributed by atoms with Gasteiger partial charge in [0.15, 0.2) is 0 Å². The molecule has 5 nitrogen and oxygen atoms in total. The first-order valence-electron chi connectivity index (χ1n) is 7.46. The number of hydroxylamine groups is 1. The Morgan fingerprint density at radius 2 is 1.96 bits per heavy atom. The van der Waals surface area contributed by atoms with Crippen LogP contribution in [0.4, 0.5) is 0 Å². The van der Waals surface area contributed by atoms with Gasteiger partial charge in [-0.15, -0.1) is 12.6 Å². The minimum absolute atomic E-state index is 0.0322. The first kappa shape index (κ1) is 21.7. The average Bonchev–Trinajstić information content (AvgIpc) is 2.61. The molecule has 0 saturated heterocycles. The molecule has 0 unspecified atom stereocenters. The maximum atomic E-state index is 11.2. The number of nitrogens with one attached hydrogen (secondary N) is 2. The van der Waals surface area contributed by atoms with Gasteiger partial charge in [0.05, 0.1) is 0 Å². The number of benzene rings is 1. The van der Waals surface area contributed by atoms with E-state index < -0.39 is 5.91 Å². The molecule has 0 fully saturated rings. The molecule has 0 aliphatic rings. The topological polar surface area (TPSA) is 82.4 Å². The number of rotatable bonds is 6. The summed E-state index contributed by atoms with van der Waals surface area (Å²) in [5.74, 6) is -0.613. The Kier molecular flexibility index (Phi) is 11.0. The molecule has 0 aromatic heterocycles. The second kappa shape index (κ2) is 12.2. The van der Waals surface area contributed by atoms with E-state index in [-0.39, 0.29) is 12.5 Å². The van der Waals surface area contributed by atoms with E-state index in [1.807, 2.05) is 26.8 Å². The van der Waals surface area contributed by atoms with E-state index >= 15 is 0 Å². The number of carbonyl (C=O) groups is 1. The van der Waals surface area contributed by atoms with E-state index in [1.54, 1.807) is 41.9 Å². The van der Waals surface area contributed by atoms with Crippen molar-refractivity contribution >= 4 is 24.4 Å². The third kappa shape index (κ3) is 7.30. The van der Waals surface area contributed by atoms with Gasteiger partial charge >= 0.3 is 0 Å². The van der Waals surface area contributed by atoms with Crippen LogP contribution in [0, 0.1) is 5.41 Å². The lowest BCUT2D eigenvalue weighted by molar-refractivity contribution is 0.0706.